The third kappa shape index (κ3) is 5.27. The Morgan fingerprint density at radius 3 is 2.51 bits per heavy atom. The molecule has 35 heavy (non-hydrogen) atoms. The second-order valence-electron chi connectivity index (χ2n) is 7.01. The number of alkyl halides is 3. The molecule has 15 heteroatoms. The van der Waals surface area contributed by atoms with Gasteiger partial charge in [-0.1, -0.05) is 17.7 Å². The van der Waals surface area contributed by atoms with Crippen LogP contribution in [-0.2, 0) is 13.2 Å². The number of aliphatic hydroxyl groups is 1. The van der Waals surface area contributed by atoms with E-state index in [0.717, 1.165) is 10.6 Å². The molecule has 0 unspecified atom stereocenters. The van der Waals surface area contributed by atoms with Crippen molar-refractivity contribution in [1.82, 2.24) is 19.3 Å². The molecule has 0 aliphatic heterocycles. The second-order valence-corrected chi connectivity index (χ2v) is 7.42. The van der Waals surface area contributed by atoms with Crippen LogP contribution < -0.4 is 15.7 Å². The Morgan fingerprint density at radius 1 is 1.29 bits per heavy atom. The fourth-order valence-corrected chi connectivity index (χ4v) is 3.12. The first kappa shape index (κ1) is 26.1. The molecule has 3 rings (SSSR count). The van der Waals surface area contributed by atoms with Crippen molar-refractivity contribution in [3.8, 4) is 11.7 Å². The van der Waals surface area contributed by atoms with Crippen LogP contribution in [0.5, 0.6) is 5.88 Å². The van der Waals surface area contributed by atoms with Crippen molar-refractivity contribution in [1.29, 1.82) is 0 Å². The van der Waals surface area contributed by atoms with Gasteiger partial charge in [-0.25, -0.2) is 13.6 Å². The number of benzene rings is 1. The Labute approximate surface area is 198 Å². The van der Waals surface area contributed by atoms with Gasteiger partial charge >= 0.3 is 11.9 Å². The van der Waals surface area contributed by atoms with Crippen molar-refractivity contribution < 1.29 is 36.6 Å². The molecule has 1 aromatic carbocycles. The molecule has 0 bridgehead atoms. The van der Waals surface area contributed by atoms with Crippen LogP contribution >= 0.6 is 11.6 Å². The summed E-state index contributed by atoms with van der Waals surface area (Å²) in [5.74, 6) is -5.66. The molecular weight excluding hydrogens is 505 g/mol. The van der Waals surface area contributed by atoms with Crippen LogP contribution in [0.25, 0.3) is 5.82 Å². The van der Waals surface area contributed by atoms with Crippen molar-refractivity contribution in [3.05, 3.63) is 62.8 Å². The zero-order chi connectivity index (χ0) is 26.1. The first-order valence-electron chi connectivity index (χ1n) is 9.88. The lowest BCUT2D eigenvalue weighted by molar-refractivity contribution is -0.190. The van der Waals surface area contributed by atoms with Gasteiger partial charge in [-0.05, 0) is 32.0 Å². The maximum Gasteiger partial charge on any atom is 0.425 e. The molecule has 0 saturated carbocycles. The number of rotatable bonds is 7. The highest BCUT2D eigenvalue weighted by Crippen LogP contribution is 2.30. The van der Waals surface area contributed by atoms with Crippen molar-refractivity contribution in [2.45, 2.75) is 39.3 Å². The maximum atomic E-state index is 15.0. The average Bonchev–Trinajstić information content (AvgIpc) is 3.11. The number of para-hydroxylation sites is 1. The van der Waals surface area contributed by atoms with Gasteiger partial charge in [0.1, 0.15) is 18.0 Å². The molecule has 0 fully saturated rings. The van der Waals surface area contributed by atoms with Gasteiger partial charge in [-0.15, -0.1) is 5.10 Å². The summed E-state index contributed by atoms with van der Waals surface area (Å²) in [6, 6.07) is 3.90. The summed E-state index contributed by atoms with van der Waals surface area (Å²) in [6.07, 6.45) is -7.40. The van der Waals surface area contributed by atoms with Crippen LogP contribution in [0.3, 0.4) is 0 Å². The smallest absolute Gasteiger partial charge is 0.425 e. The molecule has 2 heterocycles. The number of anilines is 1. The summed E-state index contributed by atoms with van der Waals surface area (Å²) >= 11 is 5.85. The molecule has 3 aromatic rings. The Bertz CT molecular complexity index is 1300. The third-order valence-electron chi connectivity index (χ3n) is 4.72. The predicted octanol–water partition coefficient (Wildman–Crippen LogP) is 3.45. The van der Waals surface area contributed by atoms with Crippen molar-refractivity contribution in [2.75, 3.05) is 5.32 Å². The summed E-state index contributed by atoms with van der Waals surface area (Å²) in [5, 5.41) is 14.9. The van der Waals surface area contributed by atoms with Crippen molar-refractivity contribution in [3.63, 3.8) is 0 Å². The molecule has 0 spiro atoms. The molecule has 0 saturated heterocycles. The largest absolute Gasteiger partial charge is 0.464 e. The third-order valence-corrected chi connectivity index (χ3v) is 5.03. The van der Waals surface area contributed by atoms with E-state index in [1.807, 2.05) is 5.32 Å². The summed E-state index contributed by atoms with van der Waals surface area (Å²) < 4.78 is 74.6. The highest BCUT2D eigenvalue weighted by Gasteiger charge is 2.39. The van der Waals surface area contributed by atoms with Gasteiger partial charge in [0, 0.05) is 6.54 Å². The molecule has 9 nitrogen and oxygen atoms in total. The molecule has 1 amide bonds. The van der Waals surface area contributed by atoms with Crippen LogP contribution in [0.15, 0.2) is 29.1 Å². The molecular formula is C20H17ClF5N5O4. The van der Waals surface area contributed by atoms with Crippen LogP contribution in [0.2, 0.25) is 5.02 Å². The minimum absolute atomic E-state index is 0.0364. The molecule has 1 atom stereocenters. The van der Waals surface area contributed by atoms with Crippen LogP contribution in [0.4, 0.5) is 27.6 Å². The van der Waals surface area contributed by atoms with Gasteiger partial charge < -0.3 is 15.2 Å². The summed E-state index contributed by atoms with van der Waals surface area (Å²) in [6.45, 7) is 1.49. The molecule has 0 aliphatic carbocycles. The van der Waals surface area contributed by atoms with Gasteiger partial charge in [-0.3, -0.25) is 9.36 Å². The number of nitrogens with zero attached hydrogens (tertiary/aromatic N) is 4. The predicted molar refractivity (Wildman–Crippen MR) is 113 cm³/mol. The van der Waals surface area contributed by atoms with E-state index in [4.69, 9.17) is 16.3 Å². The lowest BCUT2D eigenvalue weighted by Gasteiger charge is -2.19. The van der Waals surface area contributed by atoms with E-state index < -0.39 is 65.1 Å². The van der Waals surface area contributed by atoms with Crippen molar-refractivity contribution >= 4 is 23.2 Å². The standard InChI is InChI=1S/C20H17ClF5N5O4/c1-3-30-14(8-32)29-31(19(30)34)16-13(23)7-10(18(28-16)35-9(2)20(24,25)26)17(33)27-15-11(21)5-4-6-12(15)22/h4-7,9,32H,3,8H2,1-2H3,(H,27,33)/t9-/m0/s1. The second kappa shape index (κ2) is 10.00. The van der Waals surface area contributed by atoms with E-state index in [1.54, 1.807) is 0 Å². The lowest BCUT2D eigenvalue weighted by atomic mass is 10.2. The summed E-state index contributed by atoms with van der Waals surface area (Å²) in [7, 11) is 0. The molecule has 0 aliphatic rings. The Balaban J connectivity index is 2.16. The summed E-state index contributed by atoms with van der Waals surface area (Å²) in [4.78, 5) is 28.9. The van der Waals surface area contributed by atoms with E-state index in [1.165, 1.54) is 19.1 Å². The van der Waals surface area contributed by atoms with E-state index in [2.05, 4.69) is 10.1 Å². The minimum Gasteiger partial charge on any atom is -0.464 e. The number of hydrogen-bond acceptors (Lipinski definition) is 6. The lowest BCUT2D eigenvalue weighted by Crippen LogP contribution is -2.33. The van der Waals surface area contributed by atoms with Crippen LogP contribution in [-0.4, -0.2) is 42.6 Å². The number of nitrogens with one attached hydrogen (secondary N) is 1. The topological polar surface area (TPSA) is 111 Å². The molecule has 188 valence electrons. The first-order valence-corrected chi connectivity index (χ1v) is 10.3. The van der Waals surface area contributed by atoms with Crippen LogP contribution in [0, 0.1) is 11.6 Å². The van der Waals surface area contributed by atoms with E-state index in [-0.39, 0.29) is 17.4 Å². The van der Waals surface area contributed by atoms with Gasteiger partial charge in [0.25, 0.3) is 5.91 Å². The number of carbonyl (C=O) groups is 1. The zero-order valence-corrected chi connectivity index (χ0v) is 18.8. The monoisotopic (exact) mass is 521 g/mol. The molecule has 2 N–H and O–H groups in total. The highest BCUT2D eigenvalue weighted by molar-refractivity contribution is 6.34. The van der Waals surface area contributed by atoms with Gasteiger partial charge in [0.05, 0.1) is 10.7 Å². The number of aromatic nitrogens is 4. The first-order chi connectivity index (χ1) is 16.4. The fourth-order valence-electron chi connectivity index (χ4n) is 2.91. The van der Waals surface area contributed by atoms with Crippen LogP contribution in [0.1, 0.15) is 30.0 Å². The number of ether oxygens (including phenoxy) is 1. The Hall–Kier alpha value is -3.52. The maximum absolute atomic E-state index is 15.0. The molecule has 0 radical (unpaired) electrons. The normalized spacial score (nSPS) is 12.5. The van der Waals surface area contributed by atoms with Crippen molar-refractivity contribution in [2.24, 2.45) is 0 Å². The highest BCUT2D eigenvalue weighted by atomic mass is 35.5. The Kier molecular flexibility index (Phi) is 7.45. The number of hydrogen-bond donors (Lipinski definition) is 2. The molecule has 2 aromatic heterocycles. The number of pyridine rings is 1. The SMILES string of the molecule is CCn1c(CO)nn(-c2nc(O[C@@H](C)C(F)(F)F)c(C(=O)Nc3c(F)cccc3Cl)cc2F)c1=O. The number of aliphatic hydroxyl groups excluding tert-OH is 1. The average molecular weight is 522 g/mol. The zero-order valence-electron chi connectivity index (χ0n) is 18.0. The van der Waals surface area contributed by atoms with Gasteiger partial charge in [-0.2, -0.15) is 22.8 Å². The van der Waals surface area contributed by atoms with Gasteiger partial charge in [0.2, 0.25) is 5.88 Å². The minimum atomic E-state index is -4.90. The quantitative estimate of drug-likeness (QED) is 0.461. The van der Waals surface area contributed by atoms with E-state index in [0.29, 0.717) is 17.7 Å². The Morgan fingerprint density at radius 2 is 1.97 bits per heavy atom. The number of carbonyl (C=O) groups excluding carboxylic acids is 1. The summed E-state index contributed by atoms with van der Waals surface area (Å²) in [5.41, 5.74) is -2.30. The van der Waals surface area contributed by atoms with Gasteiger partial charge in [0.15, 0.2) is 23.6 Å². The fraction of sp³-hybridized carbons (Fsp3) is 0.300. The van der Waals surface area contributed by atoms with E-state index in [9.17, 15) is 36.6 Å². The number of amides is 1. The van der Waals surface area contributed by atoms with E-state index >= 15 is 0 Å². The number of halogens is 6.